The maximum Gasteiger partial charge on any atom is 0.267 e. The van der Waals surface area contributed by atoms with E-state index in [1.807, 2.05) is 30.5 Å². The van der Waals surface area contributed by atoms with E-state index in [2.05, 4.69) is 11.9 Å². The van der Waals surface area contributed by atoms with Gasteiger partial charge in [-0.3, -0.25) is 9.36 Å². The zero-order chi connectivity index (χ0) is 17.6. The Morgan fingerprint density at radius 3 is 2.96 bits per heavy atom. The molecule has 0 aliphatic carbocycles. The molecular weight excluding hydrogens is 354 g/mol. The lowest BCUT2D eigenvalue weighted by Crippen LogP contribution is -2.27. The summed E-state index contributed by atoms with van der Waals surface area (Å²) in [5.41, 5.74) is 1.99. The number of rotatable bonds is 3. The molecular formula is C18H19N3O2S2. The van der Waals surface area contributed by atoms with Crippen molar-refractivity contribution >= 4 is 33.3 Å². The molecule has 25 heavy (non-hydrogen) atoms. The molecule has 0 unspecified atom stereocenters. The minimum atomic E-state index is 0.0182. The number of benzene rings is 1. The van der Waals surface area contributed by atoms with E-state index >= 15 is 0 Å². The molecule has 1 aliphatic heterocycles. The lowest BCUT2D eigenvalue weighted by molar-refractivity contribution is 0.318. The Morgan fingerprint density at radius 2 is 2.20 bits per heavy atom. The molecule has 0 saturated heterocycles. The molecule has 4 rings (SSSR count). The quantitative estimate of drug-likeness (QED) is 0.521. The first kappa shape index (κ1) is 16.6. The SMILES string of the molecule is COc1cccc(-n2c(SC)nc3sc4c(c3c2=O)CCN(C)C4)c1. The number of thioether (sulfide) groups is 1. The Morgan fingerprint density at radius 1 is 1.36 bits per heavy atom. The van der Waals surface area contributed by atoms with E-state index in [1.54, 1.807) is 23.0 Å². The predicted octanol–water partition coefficient (Wildman–Crippen LogP) is 3.17. The van der Waals surface area contributed by atoms with Crippen molar-refractivity contribution in [2.24, 2.45) is 0 Å². The van der Waals surface area contributed by atoms with Crippen LogP contribution < -0.4 is 10.3 Å². The Balaban J connectivity index is 2.00. The van der Waals surface area contributed by atoms with Crippen LogP contribution in [-0.4, -0.2) is 41.4 Å². The van der Waals surface area contributed by atoms with Crippen LogP contribution in [0.5, 0.6) is 5.75 Å². The van der Waals surface area contributed by atoms with Gasteiger partial charge in [-0.2, -0.15) is 0 Å². The first-order chi connectivity index (χ1) is 12.1. The number of hydrogen-bond acceptors (Lipinski definition) is 6. The number of ether oxygens (including phenoxy) is 1. The summed E-state index contributed by atoms with van der Waals surface area (Å²) >= 11 is 3.14. The molecule has 2 aromatic heterocycles. The highest BCUT2D eigenvalue weighted by molar-refractivity contribution is 7.98. The lowest BCUT2D eigenvalue weighted by Gasteiger charge is -2.21. The second-order valence-electron chi connectivity index (χ2n) is 6.11. The predicted molar refractivity (Wildman–Crippen MR) is 104 cm³/mol. The molecule has 3 aromatic rings. The Labute approximate surface area is 154 Å². The van der Waals surface area contributed by atoms with Gasteiger partial charge in [0.15, 0.2) is 5.16 Å². The third-order valence-corrected chi connectivity index (χ3v) is 6.28. The van der Waals surface area contributed by atoms with E-state index < -0.39 is 0 Å². The smallest absolute Gasteiger partial charge is 0.267 e. The highest BCUT2D eigenvalue weighted by Crippen LogP contribution is 2.33. The summed E-state index contributed by atoms with van der Waals surface area (Å²) < 4.78 is 7.03. The second kappa shape index (κ2) is 6.48. The highest BCUT2D eigenvalue weighted by Gasteiger charge is 2.24. The molecule has 0 radical (unpaired) electrons. The van der Waals surface area contributed by atoms with Crippen LogP contribution in [0.3, 0.4) is 0 Å². The Kier molecular flexibility index (Phi) is 4.31. The third kappa shape index (κ3) is 2.76. The van der Waals surface area contributed by atoms with Crippen molar-refractivity contribution < 1.29 is 4.74 Å². The van der Waals surface area contributed by atoms with Crippen LogP contribution in [0.4, 0.5) is 0 Å². The van der Waals surface area contributed by atoms with E-state index in [9.17, 15) is 4.79 Å². The molecule has 5 nitrogen and oxygen atoms in total. The number of nitrogens with zero attached hydrogens (tertiary/aromatic N) is 3. The molecule has 3 heterocycles. The zero-order valence-corrected chi connectivity index (χ0v) is 16.0. The molecule has 7 heteroatoms. The van der Waals surface area contributed by atoms with Crippen LogP contribution >= 0.6 is 23.1 Å². The molecule has 130 valence electrons. The van der Waals surface area contributed by atoms with Gasteiger partial charge in [0.1, 0.15) is 10.6 Å². The van der Waals surface area contributed by atoms with Crippen LogP contribution in [0.15, 0.2) is 34.2 Å². The maximum absolute atomic E-state index is 13.4. The number of likely N-dealkylation sites (N-methyl/N-ethyl adjacent to an activating group) is 1. The van der Waals surface area contributed by atoms with Crippen molar-refractivity contribution in [3.8, 4) is 11.4 Å². The van der Waals surface area contributed by atoms with Gasteiger partial charge >= 0.3 is 0 Å². The molecule has 0 fully saturated rings. The second-order valence-corrected chi connectivity index (χ2v) is 7.97. The van der Waals surface area contributed by atoms with Gasteiger partial charge in [-0.25, -0.2) is 4.98 Å². The van der Waals surface area contributed by atoms with Gasteiger partial charge in [0.25, 0.3) is 5.56 Å². The average molecular weight is 374 g/mol. The monoisotopic (exact) mass is 373 g/mol. The summed E-state index contributed by atoms with van der Waals surface area (Å²) in [6.07, 6.45) is 2.85. The average Bonchev–Trinajstić information content (AvgIpc) is 2.98. The summed E-state index contributed by atoms with van der Waals surface area (Å²) in [5.74, 6) is 0.727. The van der Waals surface area contributed by atoms with Crippen molar-refractivity contribution in [1.82, 2.24) is 14.5 Å². The maximum atomic E-state index is 13.4. The van der Waals surface area contributed by atoms with Crippen molar-refractivity contribution in [2.45, 2.75) is 18.1 Å². The minimum absolute atomic E-state index is 0.0182. The Hall–Kier alpha value is -1.83. The van der Waals surface area contributed by atoms with Gasteiger partial charge in [0.2, 0.25) is 0 Å². The van der Waals surface area contributed by atoms with Gasteiger partial charge in [0.05, 0.1) is 18.2 Å². The summed E-state index contributed by atoms with van der Waals surface area (Å²) in [6.45, 7) is 1.87. The van der Waals surface area contributed by atoms with Gasteiger partial charge in [-0.1, -0.05) is 17.8 Å². The third-order valence-electron chi connectivity index (χ3n) is 4.53. The van der Waals surface area contributed by atoms with E-state index in [-0.39, 0.29) is 5.56 Å². The fraction of sp³-hybridized carbons (Fsp3) is 0.333. The summed E-state index contributed by atoms with van der Waals surface area (Å²) in [7, 11) is 3.74. The molecule has 1 aliphatic rings. The first-order valence-electron chi connectivity index (χ1n) is 8.06. The number of methoxy groups -OCH3 is 1. The molecule has 0 atom stereocenters. The van der Waals surface area contributed by atoms with Gasteiger partial charge in [-0.15, -0.1) is 11.3 Å². The lowest BCUT2D eigenvalue weighted by atomic mass is 10.1. The van der Waals surface area contributed by atoms with Gasteiger partial charge in [0, 0.05) is 24.0 Å². The molecule has 0 N–H and O–H groups in total. The van der Waals surface area contributed by atoms with Crippen molar-refractivity contribution in [3.63, 3.8) is 0 Å². The highest BCUT2D eigenvalue weighted by atomic mass is 32.2. The minimum Gasteiger partial charge on any atom is -0.497 e. The largest absolute Gasteiger partial charge is 0.497 e. The molecule has 0 bridgehead atoms. The normalized spacial score (nSPS) is 14.7. The number of thiophene rings is 1. The van der Waals surface area contributed by atoms with E-state index in [0.717, 1.165) is 41.2 Å². The zero-order valence-electron chi connectivity index (χ0n) is 14.4. The van der Waals surface area contributed by atoms with Crippen LogP contribution in [0.2, 0.25) is 0 Å². The number of aromatic nitrogens is 2. The van der Waals surface area contributed by atoms with Crippen LogP contribution in [0.1, 0.15) is 10.4 Å². The van der Waals surface area contributed by atoms with Gasteiger partial charge < -0.3 is 9.64 Å². The first-order valence-corrected chi connectivity index (χ1v) is 10.1. The van der Waals surface area contributed by atoms with Crippen LogP contribution in [0.25, 0.3) is 15.9 Å². The summed E-state index contributed by atoms with van der Waals surface area (Å²) in [4.78, 5) is 22.6. The molecule has 0 saturated carbocycles. The molecule has 1 aromatic carbocycles. The topological polar surface area (TPSA) is 47.4 Å². The summed E-state index contributed by atoms with van der Waals surface area (Å²) in [5, 5.41) is 1.49. The summed E-state index contributed by atoms with van der Waals surface area (Å²) in [6, 6.07) is 7.57. The molecule has 0 spiro atoms. The molecule has 0 amide bonds. The standard InChI is InChI=1S/C18H19N3O2S2/c1-20-8-7-13-14(10-20)25-16-15(13)17(22)21(18(19-16)24-3)11-5-4-6-12(9-11)23-2/h4-6,9H,7-8,10H2,1-3H3. The number of hydrogen-bond donors (Lipinski definition) is 0. The van der Waals surface area contributed by atoms with E-state index in [1.165, 1.54) is 22.2 Å². The van der Waals surface area contributed by atoms with Crippen molar-refractivity contribution in [3.05, 3.63) is 45.1 Å². The Bertz CT molecular complexity index is 1010. The van der Waals surface area contributed by atoms with Crippen molar-refractivity contribution in [1.29, 1.82) is 0 Å². The fourth-order valence-electron chi connectivity index (χ4n) is 3.27. The van der Waals surface area contributed by atoms with E-state index in [0.29, 0.717) is 5.16 Å². The van der Waals surface area contributed by atoms with Crippen molar-refractivity contribution in [2.75, 3.05) is 27.0 Å². The van der Waals surface area contributed by atoms with Crippen LogP contribution in [-0.2, 0) is 13.0 Å². The fourth-order valence-corrected chi connectivity index (χ4v) is 5.17. The van der Waals surface area contributed by atoms with Gasteiger partial charge in [-0.05, 0) is 37.4 Å². The van der Waals surface area contributed by atoms with Crippen LogP contribution in [0, 0.1) is 0 Å². The number of fused-ring (bicyclic) bond motifs is 3. The van der Waals surface area contributed by atoms with E-state index in [4.69, 9.17) is 9.72 Å².